The van der Waals surface area contributed by atoms with Crippen LogP contribution in [0.5, 0.6) is 0 Å². The van der Waals surface area contributed by atoms with Crippen molar-refractivity contribution in [3.63, 3.8) is 0 Å². The molecule has 5 nitrogen and oxygen atoms in total. The number of carbonyl (C=O) groups excluding carboxylic acids is 1. The van der Waals surface area contributed by atoms with Crippen LogP contribution in [0, 0.1) is 0 Å². The quantitative estimate of drug-likeness (QED) is 0.783. The van der Waals surface area contributed by atoms with Crippen LogP contribution >= 0.6 is 0 Å². The van der Waals surface area contributed by atoms with Crippen LogP contribution in [0.3, 0.4) is 0 Å². The van der Waals surface area contributed by atoms with Gasteiger partial charge in [0.05, 0.1) is 0 Å². The summed E-state index contributed by atoms with van der Waals surface area (Å²) in [7, 11) is 0. The molecule has 1 aliphatic carbocycles. The number of carboxylic acid groups (broad SMARTS) is 1. The molecular formula is C21H23NO4. The number of rotatable bonds is 7. The summed E-state index contributed by atoms with van der Waals surface area (Å²) < 4.78 is 5.39. The maximum absolute atomic E-state index is 12.1. The molecular weight excluding hydrogens is 330 g/mol. The molecule has 0 aromatic heterocycles. The molecule has 0 radical (unpaired) electrons. The molecule has 1 atom stereocenters. The number of carboxylic acids is 1. The van der Waals surface area contributed by atoms with Gasteiger partial charge in [0.25, 0.3) is 0 Å². The van der Waals surface area contributed by atoms with E-state index in [0.29, 0.717) is 6.42 Å². The summed E-state index contributed by atoms with van der Waals surface area (Å²) in [6.45, 7) is 2.16. The summed E-state index contributed by atoms with van der Waals surface area (Å²) in [4.78, 5) is 23.4. The summed E-state index contributed by atoms with van der Waals surface area (Å²) in [5, 5.41) is 11.7. The minimum absolute atomic E-state index is 0.0351. The van der Waals surface area contributed by atoms with Gasteiger partial charge in [-0.2, -0.15) is 0 Å². The molecule has 136 valence electrons. The predicted octanol–water partition coefficient (Wildman–Crippen LogP) is 4.17. The zero-order chi connectivity index (χ0) is 18.5. The Bertz CT molecular complexity index is 757. The van der Waals surface area contributed by atoms with Gasteiger partial charge in [0.15, 0.2) is 0 Å². The number of aliphatic carboxylic acids is 1. The lowest BCUT2D eigenvalue weighted by Crippen LogP contribution is -2.41. The average molecular weight is 353 g/mol. The summed E-state index contributed by atoms with van der Waals surface area (Å²) in [6, 6.07) is 15.3. The first-order valence-electron chi connectivity index (χ1n) is 8.96. The van der Waals surface area contributed by atoms with Crippen molar-refractivity contribution in [1.82, 2.24) is 5.32 Å². The highest BCUT2D eigenvalue weighted by Crippen LogP contribution is 2.44. The van der Waals surface area contributed by atoms with Crippen LogP contribution in [0.25, 0.3) is 11.1 Å². The lowest BCUT2D eigenvalue weighted by molar-refractivity contribution is -0.139. The third kappa shape index (κ3) is 3.72. The van der Waals surface area contributed by atoms with E-state index in [1.54, 1.807) is 0 Å². The number of amides is 1. The number of fused-ring (bicyclic) bond motifs is 3. The molecule has 26 heavy (non-hydrogen) atoms. The highest BCUT2D eigenvalue weighted by molar-refractivity contribution is 5.81. The van der Waals surface area contributed by atoms with Crippen molar-refractivity contribution in [1.29, 1.82) is 0 Å². The average Bonchev–Trinajstić information content (AvgIpc) is 2.97. The van der Waals surface area contributed by atoms with Gasteiger partial charge in [-0.05, 0) is 28.7 Å². The van der Waals surface area contributed by atoms with Crippen LogP contribution in [0.1, 0.15) is 43.2 Å². The minimum Gasteiger partial charge on any atom is -0.480 e. The number of unbranched alkanes of at least 4 members (excludes halogenated alkanes) is 1. The topological polar surface area (TPSA) is 75.6 Å². The fourth-order valence-electron chi connectivity index (χ4n) is 3.45. The third-order valence-electron chi connectivity index (χ3n) is 4.78. The maximum atomic E-state index is 12.1. The van der Waals surface area contributed by atoms with Crippen molar-refractivity contribution in [2.75, 3.05) is 6.61 Å². The number of carbonyl (C=O) groups is 2. The first-order chi connectivity index (χ1) is 12.6. The second kappa shape index (κ2) is 8.04. The molecule has 0 aliphatic heterocycles. The first-order valence-corrected chi connectivity index (χ1v) is 8.96. The number of hydrogen-bond donors (Lipinski definition) is 2. The predicted molar refractivity (Wildman–Crippen MR) is 99.2 cm³/mol. The summed E-state index contributed by atoms with van der Waals surface area (Å²) >= 11 is 0. The van der Waals surface area contributed by atoms with Gasteiger partial charge in [0.1, 0.15) is 12.6 Å². The van der Waals surface area contributed by atoms with E-state index >= 15 is 0 Å². The number of ether oxygens (including phenoxy) is 1. The molecule has 0 unspecified atom stereocenters. The highest BCUT2D eigenvalue weighted by Gasteiger charge is 2.29. The van der Waals surface area contributed by atoms with Gasteiger partial charge in [-0.1, -0.05) is 68.3 Å². The van der Waals surface area contributed by atoms with Crippen LogP contribution in [-0.4, -0.2) is 29.8 Å². The van der Waals surface area contributed by atoms with Crippen molar-refractivity contribution < 1.29 is 19.4 Å². The van der Waals surface area contributed by atoms with E-state index in [0.717, 1.165) is 35.1 Å². The molecule has 1 amide bonds. The molecule has 2 N–H and O–H groups in total. The van der Waals surface area contributed by atoms with Gasteiger partial charge in [-0.25, -0.2) is 9.59 Å². The van der Waals surface area contributed by atoms with E-state index in [4.69, 9.17) is 4.74 Å². The molecule has 2 aromatic rings. The SMILES string of the molecule is CCCC[C@@H](NC(=O)OCC1c2ccccc2-c2ccccc21)C(=O)O. The lowest BCUT2D eigenvalue weighted by Gasteiger charge is -2.17. The molecule has 0 saturated carbocycles. The van der Waals surface area contributed by atoms with Gasteiger partial charge < -0.3 is 15.2 Å². The number of benzene rings is 2. The molecule has 0 spiro atoms. The standard InChI is InChI=1S/C21H23NO4/c1-2-3-12-19(20(23)24)22-21(25)26-13-18-16-10-6-4-8-14(16)15-9-5-7-11-17(15)18/h4-11,18-19H,2-3,12-13H2,1H3,(H,22,25)(H,23,24)/t19-/m1/s1. The van der Waals surface area contributed by atoms with Crippen molar-refractivity contribution in [3.8, 4) is 11.1 Å². The lowest BCUT2D eigenvalue weighted by atomic mass is 9.98. The molecule has 3 rings (SSSR count). The molecule has 0 saturated heterocycles. The van der Waals surface area contributed by atoms with E-state index in [-0.39, 0.29) is 12.5 Å². The molecule has 0 fully saturated rings. The van der Waals surface area contributed by atoms with Crippen molar-refractivity contribution in [2.24, 2.45) is 0 Å². The number of alkyl carbamates (subject to hydrolysis) is 1. The monoisotopic (exact) mass is 353 g/mol. The van der Waals surface area contributed by atoms with E-state index in [2.05, 4.69) is 17.4 Å². The Morgan fingerprint density at radius 3 is 2.19 bits per heavy atom. The largest absolute Gasteiger partial charge is 0.480 e. The van der Waals surface area contributed by atoms with Crippen LogP contribution in [0.15, 0.2) is 48.5 Å². The molecule has 0 heterocycles. The van der Waals surface area contributed by atoms with Crippen molar-refractivity contribution in [2.45, 2.75) is 38.1 Å². The summed E-state index contributed by atoms with van der Waals surface area (Å²) in [5.74, 6) is -1.07. The highest BCUT2D eigenvalue weighted by atomic mass is 16.5. The zero-order valence-electron chi connectivity index (χ0n) is 14.8. The second-order valence-electron chi connectivity index (χ2n) is 6.50. The Morgan fingerprint density at radius 2 is 1.65 bits per heavy atom. The summed E-state index contributed by atoms with van der Waals surface area (Å²) in [5.41, 5.74) is 4.57. The Hall–Kier alpha value is -2.82. The van der Waals surface area contributed by atoms with Gasteiger partial charge in [0, 0.05) is 5.92 Å². The van der Waals surface area contributed by atoms with Gasteiger partial charge in [-0.3, -0.25) is 0 Å². The van der Waals surface area contributed by atoms with E-state index in [9.17, 15) is 14.7 Å². The van der Waals surface area contributed by atoms with Crippen LogP contribution in [0.4, 0.5) is 4.79 Å². The normalized spacial score (nSPS) is 13.6. The third-order valence-corrected chi connectivity index (χ3v) is 4.78. The Kier molecular flexibility index (Phi) is 5.56. The Labute approximate surface area is 153 Å². The van der Waals surface area contributed by atoms with Crippen molar-refractivity contribution in [3.05, 3.63) is 59.7 Å². The second-order valence-corrected chi connectivity index (χ2v) is 6.50. The van der Waals surface area contributed by atoms with Gasteiger partial charge in [-0.15, -0.1) is 0 Å². The number of hydrogen-bond acceptors (Lipinski definition) is 3. The smallest absolute Gasteiger partial charge is 0.407 e. The fraction of sp³-hybridized carbons (Fsp3) is 0.333. The fourth-order valence-corrected chi connectivity index (χ4v) is 3.45. The molecule has 0 bridgehead atoms. The molecule has 2 aromatic carbocycles. The van der Waals surface area contributed by atoms with E-state index < -0.39 is 18.1 Å². The maximum Gasteiger partial charge on any atom is 0.407 e. The van der Waals surface area contributed by atoms with E-state index in [1.807, 2.05) is 43.3 Å². The number of nitrogens with one attached hydrogen (secondary N) is 1. The van der Waals surface area contributed by atoms with Crippen LogP contribution < -0.4 is 5.32 Å². The Balaban J connectivity index is 1.68. The van der Waals surface area contributed by atoms with Crippen LogP contribution in [0.2, 0.25) is 0 Å². The minimum atomic E-state index is -1.04. The summed E-state index contributed by atoms with van der Waals surface area (Å²) in [6.07, 6.45) is 1.32. The Morgan fingerprint density at radius 1 is 1.08 bits per heavy atom. The van der Waals surface area contributed by atoms with Gasteiger partial charge in [0.2, 0.25) is 0 Å². The van der Waals surface area contributed by atoms with E-state index in [1.165, 1.54) is 0 Å². The zero-order valence-corrected chi connectivity index (χ0v) is 14.8. The first kappa shape index (κ1) is 18.0. The molecule has 5 heteroatoms. The molecule has 1 aliphatic rings. The van der Waals surface area contributed by atoms with Crippen LogP contribution in [-0.2, 0) is 9.53 Å². The van der Waals surface area contributed by atoms with Crippen molar-refractivity contribution >= 4 is 12.1 Å². The van der Waals surface area contributed by atoms with Gasteiger partial charge >= 0.3 is 12.1 Å².